The van der Waals surface area contributed by atoms with Crippen LogP contribution < -0.4 is 14.8 Å². The molecule has 0 spiro atoms. The van der Waals surface area contributed by atoms with Gasteiger partial charge in [0.1, 0.15) is 0 Å². The summed E-state index contributed by atoms with van der Waals surface area (Å²) in [5.74, 6) is 0.436. The van der Waals surface area contributed by atoms with E-state index in [1.807, 2.05) is 6.92 Å². The number of rotatable bonds is 11. The topological polar surface area (TPSA) is 87.6 Å². The summed E-state index contributed by atoms with van der Waals surface area (Å²) in [6, 6.07) is 0.465. The monoisotopic (exact) mass is 286 g/mol. The van der Waals surface area contributed by atoms with Crippen molar-refractivity contribution >= 4 is 5.95 Å². The molecule has 8 heteroatoms. The average molecular weight is 286 g/mol. The SMILES string of the molecule is CCNc1nc(OC)nc(OCCCOCCOC)n1. The van der Waals surface area contributed by atoms with Crippen LogP contribution >= 0.6 is 0 Å². The number of anilines is 1. The molecule has 0 aromatic carbocycles. The van der Waals surface area contributed by atoms with Gasteiger partial charge in [0.25, 0.3) is 0 Å². The van der Waals surface area contributed by atoms with Crippen LogP contribution in [0.3, 0.4) is 0 Å². The summed E-state index contributed by atoms with van der Waals surface area (Å²) in [6.45, 7) is 4.91. The van der Waals surface area contributed by atoms with Gasteiger partial charge in [0.2, 0.25) is 5.95 Å². The summed E-state index contributed by atoms with van der Waals surface area (Å²) >= 11 is 0. The van der Waals surface area contributed by atoms with Gasteiger partial charge in [-0.2, -0.15) is 9.97 Å². The van der Waals surface area contributed by atoms with E-state index < -0.39 is 0 Å². The number of nitrogens with zero attached hydrogens (tertiary/aromatic N) is 3. The van der Waals surface area contributed by atoms with E-state index in [1.165, 1.54) is 7.11 Å². The first kappa shape index (κ1) is 16.4. The van der Waals surface area contributed by atoms with Crippen LogP contribution in [-0.2, 0) is 9.47 Å². The maximum Gasteiger partial charge on any atom is 0.324 e. The Hall–Kier alpha value is -1.67. The summed E-state index contributed by atoms with van der Waals surface area (Å²) in [6.07, 6.45) is 0.744. The maximum atomic E-state index is 5.45. The van der Waals surface area contributed by atoms with Crippen LogP contribution in [0, 0.1) is 0 Å². The molecule has 1 rings (SSSR count). The van der Waals surface area contributed by atoms with Gasteiger partial charge >= 0.3 is 12.0 Å². The smallest absolute Gasteiger partial charge is 0.324 e. The second kappa shape index (κ2) is 10.2. The first-order chi connectivity index (χ1) is 9.80. The lowest BCUT2D eigenvalue weighted by Crippen LogP contribution is -2.10. The number of methoxy groups -OCH3 is 2. The van der Waals surface area contributed by atoms with Crippen molar-refractivity contribution in [1.82, 2.24) is 15.0 Å². The highest BCUT2D eigenvalue weighted by atomic mass is 16.5. The molecule has 0 aliphatic carbocycles. The van der Waals surface area contributed by atoms with Crippen LogP contribution in [0.15, 0.2) is 0 Å². The van der Waals surface area contributed by atoms with Gasteiger partial charge in [0, 0.05) is 26.7 Å². The van der Waals surface area contributed by atoms with E-state index >= 15 is 0 Å². The fourth-order valence-electron chi connectivity index (χ4n) is 1.30. The fourth-order valence-corrected chi connectivity index (χ4v) is 1.30. The van der Waals surface area contributed by atoms with Crippen molar-refractivity contribution in [1.29, 1.82) is 0 Å². The number of nitrogens with one attached hydrogen (secondary N) is 1. The van der Waals surface area contributed by atoms with E-state index in [2.05, 4.69) is 20.3 Å². The van der Waals surface area contributed by atoms with Crippen molar-refractivity contribution in [2.75, 3.05) is 52.5 Å². The summed E-state index contributed by atoms with van der Waals surface area (Å²) in [5, 5.41) is 2.99. The zero-order valence-electron chi connectivity index (χ0n) is 12.2. The second-order valence-electron chi connectivity index (χ2n) is 3.77. The largest absolute Gasteiger partial charge is 0.467 e. The molecule has 0 amide bonds. The number of aromatic nitrogens is 3. The van der Waals surface area contributed by atoms with E-state index in [4.69, 9.17) is 18.9 Å². The summed E-state index contributed by atoms with van der Waals surface area (Å²) < 4.78 is 20.6. The molecule has 0 aliphatic rings. The zero-order chi connectivity index (χ0) is 14.6. The molecule has 1 N–H and O–H groups in total. The third-order valence-corrected chi connectivity index (χ3v) is 2.21. The molecule has 0 saturated carbocycles. The van der Waals surface area contributed by atoms with Gasteiger partial charge in [0.05, 0.1) is 26.9 Å². The van der Waals surface area contributed by atoms with Crippen molar-refractivity contribution < 1.29 is 18.9 Å². The Balaban J connectivity index is 2.33. The molecule has 0 aliphatic heterocycles. The van der Waals surface area contributed by atoms with Crippen molar-refractivity contribution in [3.8, 4) is 12.0 Å². The molecule has 0 radical (unpaired) electrons. The Labute approximate surface area is 118 Å². The molecular formula is C12H22N4O4. The summed E-state index contributed by atoms with van der Waals surface area (Å²) in [5.41, 5.74) is 0. The third kappa shape index (κ3) is 6.48. The van der Waals surface area contributed by atoms with Crippen molar-refractivity contribution in [3.63, 3.8) is 0 Å². The average Bonchev–Trinajstić information content (AvgIpc) is 2.46. The van der Waals surface area contributed by atoms with Gasteiger partial charge in [-0.05, 0) is 6.92 Å². The van der Waals surface area contributed by atoms with Crippen LogP contribution in [0.4, 0.5) is 5.95 Å². The summed E-state index contributed by atoms with van der Waals surface area (Å²) in [4.78, 5) is 12.2. The molecule has 0 atom stereocenters. The molecule has 114 valence electrons. The molecule has 0 bridgehead atoms. The van der Waals surface area contributed by atoms with E-state index in [0.29, 0.717) is 38.9 Å². The minimum absolute atomic E-state index is 0.224. The highest BCUT2D eigenvalue weighted by molar-refractivity contribution is 5.27. The normalized spacial score (nSPS) is 10.3. The standard InChI is InChI=1S/C12H22N4O4/c1-4-13-10-14-11(18-3)16-12(15-10)20-7-5-6-19-9-8-17-2/h4-9H2,1-3H3,(H,13,14,15,16). The van der Waals surface area contributed by atoms with Gasteiger partial charge in [-0.25, -0.2) is 0 Å². The highest BCUT2D eigenvalue weighted by Crippen LogP contribution is 2.12. The Morgan fingerprint density at radius 2 is 1.75 bits per heavy atom. The predicted molar refractivity (Wildman–Crippen MR) is 73.3 cm³/mol. The molecule has 1 heterocycles. The fraction of sp³-hybridized carbons (Fsp3) is 0.750. The van der Waals surface area contributed by atoms with E-state index in [0.717, 1.165) is 6.42 Å². The summed E-state index contributed by atoms with van der Waals surface area (Å²) in [7, 11) is 3.14. The first-order valence-corrected chi connectivity index (χ1v) is 6.53. The Morgan fingerprint density at radius 1 is 0.950 bits per heavy atom. The molecule has 1 aromatic heterocycles. The number of hydrogen-bond donors (Lipinski definition) is 1. The molecule has 8 nitrogen and oxygen atoms in total. The molecule has 0 fully saturated rings. The van der Waals surface area contributed by atoms with E-state index in [-0.39, 0.29) is 12.0 Å². The van der Waals surface area contributed by atoms with Crippen LogP contribution in [0.2, 0.25) is 0 Å². The van der Waals surface area contributed by atoms with Crippen LogP contribution in [0.25, 0.3) is 0 Å². The molecule has 1 aromatic rings. The van der Waals surface area contributed by atoms with Gasteiger partial charge in [-0.3, -0.25) is 0 Å². The van der Waals surface area contributed by atoms with Gasteiger partial charge < -0.3 is 24.3 Å². The molecular weight excluding hydrogens is 264 g/mol. The number of hydrogen-bond acceptors (Lipinski definition) is 8. The molecule has 0 saturated heterocycles. The van der Waals surface area contributed by atoms with Gasteiger partial charge in [-0.1, -0.05) is 0 Å². The first-order valence-electron chi connectivity index (χ1n) is 6.53. The highest BCUT2D eigenvalue weighted by Gasteiger charge is 2.07. The van der Waals surface area contributed by atoms with Gasteiger partial charge in [-0.15, -0.1) is 4.98 Å². The van der Waals surface area contributed by atoms with Crippen molar-refractivity contribution in [3.05, 3.63) is 0 Å². The Morgan fingerprint density at radius 3 is 2.45 bits per heavy atom. The van der Waals surface area contributed by atoms with Crippen LogP contribution in [0.1, 0.15) is 13.3 Å². The van der Waals surface area contributed by atoms with Crippen LogP contribution in [0.5, 0.6) is 12.0 Å². The lowest BCUT2D eigenvalue weighted by Gasteiger charge is -2.08. The van der Waals surface area contributed by atoms with E-state index in [9.17, 15) is 0 Å². The third-order valence-electron chi connectivity index (χ3n) is 2.21. The molecule has 20 heavy (non-hydrogen) atoms. The maximum absolute atomic E-state index is 5.45. The van der Waals surface area contributed by atoms with Gasteiger partial charge in [0.15, 0.2) is 0 Å². The van der Waals surface area contributed by atoms with Crippen LogP contribution in [-0.4, -0.2) is 62.1 Å². The lowest BCUT2D eigenvalue weighted by atomic mass is 10.5. The molecule has 0 unspecified atom stereocenters. The zero-order valence-corrected chi connectivity index (χ0v) is 12.2. The quantitative estimate of drug-likeness (QED) is 0.596. The van der Waals surface area contributed by atoms with E-state index in [1.54, 1.807) is 7.11 Å². The number of ether oxygens (including phenoxy) is 4. The second-order valence-corrected chi connectivity index (χ2v) is 3.77. The van der Waals surface area contributed by atoms with Crippen molar-refractivity contribution in [2.45, 2.75) is 13.3 Å². The Kier molecular flexibility index (Phi) is 8.32. The van der Waals surface area contributed by atoms with Crippen molar-refractivity contribution in [2.24, 2.45) is 0 Å². The minimum Gasteiger partial charge on any atom is -0.467 e. The lowest BCUT2D eigenvalue weighted by molar-refractivity contribution is 0.0638. The Bertz CT molecular complexity index is 378. The minimum atomic E-state index is 0.224. The predicted octanol–water partition coefficient (Wildman–Crippen LogP) is 0.744.